The molecule has 1 atom stereocenters. The molecule has 0 spiro atoms. The third kappa shape index (κ3) is 4.22. The van der Waals surface area contributed by atoms with E-state index in [1.807, 2.05) is 0 Å². The van der Waals surface area contributed by atoms with Crippen LogP contribution in [0.4, 0.5) is 4.39 Å². The number of hydrogen-bond acceptors (Lipinski definition) is 5. The van der Waals surface area contributed by atoms with Gasteiger partial charge in [0, 0.05) is 16.9 Å². The van der Waals surface area contributed by atoms with E-state index in [1.165, 1.54) is 48.2 Å². The summed E-state index contributed by atoms with van der Waals surface area (Å²) in [4.78, 5) is 13.2. The first-order valence-electron chi connectivity index (χ1n) is 10.9. The van der Waals surface area contributed by atoms with Gasteiger partial charge in [-0.15, -0.1) is 4.36 Å². The average Bonchev–Trinajstić information content (AvgIpc) is 3.36. The number of ketones is 1. The summed E-state index contributed by atoms with van der Waals surface area (Å²) in [6.07, 6.45) is 7.86. The van der Waals surface area contributed by atoms with Gasteiger partial charge in [0.05, 0.1) is 21.1 Å². The van der Waals surface area contributed by atoms with Gasteiger partial charge in [0.1, 0.15) is 5.82 Å². The highest BCUT2D eigenvalue weighted by Crippen LogP contribution is 2.36. The van der Waals surface area contributed by atoms with E-state index in [-0.39, 0.29) is 22.7 Å². The molecule has 4 rings (SSSR count). The monoisotopic (exact) mass is 454 g/mol. The quantitative estimate of drug-likeness (QED) is 0.664. The van der Waals surface area contributed by atoms with Gasteiger partial charge >= 0.3 is 0 Å². The Hall–Kier alpha value is -2.56. The molecule has 2 aromatic rings. The van der Waals surface area contributed by atoms with Crippen LogP contribution in [0.15, 0.2) is 33.5 Å². The van der Waals surface area contributed by atoms with Crippen LogP contribution in [0.3, 0.4) is 0 Å². The number of benzene rings is 2. The number of carbonyl (C=O) groups is 1. The number of nitriles is 1. The summed E-state index contributed by atoms with van der Waals surface area (Å²) in [7, 11) is -3.43. The summed E-state index contributed by atoms with van der Waals surface area (Å²) in [5, 5.41) is 19.4. The van der Waals surface area contributed by atoms with Crippen molar-refractivity contribution in [3.05, 3.63) is 63.5 Å². The van der Waals surface area contributed by atoms with Gasteiger partial charge in [0.2, 0.25) is 6.19 Å². The molecule has 2 aliphatic carbocycles. The lowest BCUT2D eigenvalue weighted by atomic mass is 9.91. The molecule has 0 aliphatic heterocycles. The van der Waals surface area contributed by atoms with E-state index in [9.17, 15) is 23.8 Å². The number of Topliss-reactive ketones (excluding diaryl/α,β-unsaturated/α-hetero) is 1. The topological polar surface area (TPSA) is 90.5 Å². The molecule has 32 heavy (non-hydrogen) atoms. The van der Waals surface area contributed by atoms with Gasteiger partial charge in [-0.1, -0.05) is 6.07 Å². The molecule has 0 saturated heterocycles. The molecule has 168 valence electrons. The van der Waals surface area contributed by atoms with Gasteiger partial charge in [-0.2, -0.15) is 5.26 Å². The van der Waals surface area contributed by atoms with Crippen molar-refractivity contribution >= 4 is 15.5 Å². The average molecular weight is 455 g/mol. The van der Waals surface area contributed by atoms with Crippen LogP contribution >= 0.6 is 0 Å². The Labute approximate surface area is 188 Å². The first-order chi connectivity index (χ1) is 15.1. The number of rotatable bonds is 6. The minimum absolute atomic E-state index is 0.0537. The lowest BCUT2D eigenvalue weighted by molar-refractivity contribution is -0.116. The summed E-state index contributed by atoms with van der Waals surface area (Å²) in [5.41, 5.74) is 4.67. The van der Waals surface area contributed by atoms with Crippen LogP contribution in [0.1, 0.15) is 60.1 Å². The normalized spacial score (nSPS) is 16.7. The van der Waals surface area contributed by atoms with Crippen molar-refractivity contribution in [2.24, 2.45) is 4.36 Å². The number of aliphatic hydroxyl groups is 1. The van der Waals surface area contributed by atoms with Crippen molar-refractivity contribution in [2.75, 3.05) is 5.75 Å². The molecule has 0 bridgehead atoms. The van der Waals surface area contributed by atoms with Crippen molar-refractivity contribution < 1.29 is 18.5 Å². The van der Waals surface area contributed by atoms with Crippen LogP contribution in [-0.2, 0) is 52.2 Å². The minimum Gasteiger partial charge on any atom is -0.386 e. The molecule has 0 fully saturated rings. The second-order valence-electron chi connectivity index (χ2n) is 9.23. The molecule has 0 amide bonds. The van der Waals surface area contributed by atoms with Gasteiger partial charge in [-0.3, -0.25) is 4.79 Å². The number of fused-ring (bicyclic) bond motifs is 2. The van der Waals surface area contributed by atoms with Gasteiger partial charge in [-0.05, 0) is 98.4 Å². The SMILES string of the molecule is CC(C)(O)c1cc(S(=O)(CC(=O)Cc2c3c(cc4c2CCC4)CCC3)=NC#N)ccc1F. The maximum absolute atomic E-state index is 14.2. The lowest BCUT2D eigenvalue weighted by Crippen LogP contribution is -2.22. The minimum atomic E-state index is -3.43. The van der Waals surface area contributed by atoms with Gasteiger partial charge in [0.15, 0.2) is 5.78 Å². The van der Waals surface area contributed by atoms with E-state index in [0.717, 1.165) is 50.2 Å². The fraction of sp³-hybridized carbons (Fsp3) is 0.440. The van der Waals surface area contributed by atoms with Crippen molar-refractivity contribution in [2.45, 2.75) is 69.3 Å². The van der Waals surface area contributed by atoms with Crippen LogP contribution in [0.25, 0.3) is 0 Å². The van der Waals surface area contributed by atoms with Crippen molar-refractivity contribution in [3.8, 4) is 6.19 Å². The first kappa shape index (κ1) is 22.6. The molecular weight excluding hydrogens is 427 g/mol. The van der Waals surface area contributed by atoms with Crippen molar-refractivity contribution in [3.63, 3.8) is 0 Å². The summed E-state index contributed by atoms with van der Waals surface area (Å²) >= 11 is 0. The standard InChI is InChI=1S/C25H27FN2O3S/c1-25(2,30)23-13-19(9-10-24(23)26)32(31,28-15-27)14-18(29)12-22-20-7-3-5-16(20)11-17-6-4-8-21(17)22/h9-11,13,30H,3-8,12,14H2,1-2H3. The number of carbonyl (C=O) groups excluding carboxylic acids is 1. The van der Waals surface area contributed by atoms with Gasteiger partial charge in [0.25, 0.3) is 0 Å². The molecule has 1 unspecified atom stereocenters. The summed E-state index contributed by atoms with van der Waals surface area (Å²) in [6.45, 7) is 2.83. The highest BCUT2D eigenvalue weighted by atomic mass is 32.2. The largest absolute Gasteiger partial charge is 0.386 e. The zero-order chi connectivity index (χ0) is 23.1. The molecule has 0 saturated carbocycles. The predicted molar refractivity (Wildman–Crippen MR) is 120 cm³/mol. The number of halogens is 1. The molecular formula is C25H27FN2O3S. The third-order valence-electron chi connectivity index (χ3n) is 6.48. The van der Waals surface area contributed by atoms with Crippen LogP contribution in [0.5, 0.6) is 0 Å². The Kier molecular flexibility index (Phi) is 5.95. The van der Waals surface area contributed by atoms with Crippen molar-refractivity contribution in [1.29, 1.82) is 5.26 Å². The first-order valence-corrected chi connectivity index (χ1v) is 12.6. The Bertz CT molecular complexity index is 1230. The highest BCUT2D eigenvalue weighted by molar-refractivity contribution is 7.94. The van der Waals surface area contributed by atoms with E-state index >= 15 is 0 Å². The fourth-order valence-electron chi connectivity index (χ4n) is 5.02. The molecule has 5 nitrogen and oxygen atoms in total. The van der Waals surface area contributed by atoms with Crippen LogP contribution in [-0.4, -0.2) is 20.9 Å². The van der Waals surface area contributed by atoms with Crippen LogP contribution < -0.4 is 0 Å². The Balaban J connectivity index is 1.68. The van der Waals surface area contributed by atoms with Crippen LogP contribution in [0, 0.1) is 17.3 Å². The van der Waals surface area contributed by atoms with E-state index in [2.05, 4.69) is 10.4 Å². The molecule has 7 heteroatoms. The summed E-state index contributed by atoms with van der Waals surface area (Å²) < 4.78 is 31.5. The van der Waals surface area contributed by atoms with Crippen LogP contribution in [0.2, 0.25) is 0 Å². The van der Waals surface area contributed by atoms with Gasteiger partial charge in [-0.25, -0.2) is 8.60 Å². The molecule has 2 aromatic carbocycles. The Morgan fingerprint density at radius 1 is 1.16 bits per heavy atom. The number of nitrogens with zero attached hydrogens (tertiary/aromatic N) is 2. The third-order valence-corrected chi connectivity index (χ3v) is 8.56. The second-order valence-corrected chi connectivity index (χ2v) is 11.5. The smallest absolute Gasteiger partial charge is 0.214 e. The van der Waals surface area contributed by atoms with Gasteiger partial charge < -0.3 is 5.11 Å². The fourth-order valence-corrected chi connectivity index (χ4v) is 6.61. The summed E-state index contributed by atoms with van der Waals surface area (Å²) in [5.74, 6) is -1.32. The highest BCUT2D eigenvalue weighted by Gasteiger charge is 2.28. The molecule has 2 aliphatic rings. The molecule has 0 heterocycles. The lowest BCUT2D eigenvalue weighted by Gasteiger charge is -2.20. The van der Waals surface area contributed by atoms with E-state index in [1.54, 1.807) is 6.19 Å². The Morgan fingerprint density at radius 3 is 2.34 bits per heavy atom. The molecule has 1 N–H and O–H groups in total. The zero-order valence-corrected chi connectivity index (χ0v) is 19.2. The molecule has 0 radical (unpaired) electrons. The number of aryl methyl sites for hydroxylation is 2. The van der Waals surface area contributed by atoms with E-state index in [0.29, 0.717) is 0 Å². The van der Waals surface area contributed by atoms with E-state index < -0.39 is 26.9 Å². The van der Waals surface area contributed by atoms with E-state index in [4.69, 9.17) is 0 Å². The van der Waals surface area contributed by atoms with Crippen molar-refractivity contribution in [1.82, 2.24) is 0 Å². The maximum Gasteiger partial charge on any atom is 0.214 e. The Morgan fingerprint density at radius 2 is 1.78 bits per heavy atom. The second kappa shape index (κ2) is 8.42. The maximum atomic E-state index is 14.2. The molecule has 0 aromatic heterocycles. The zero-order valence-electron chi connectivity index (χ0n) is 18.4. The predicted octanol–water partition coefficient (Wildman–Crippen LogP) is 4.15. The number of hydrogen-bond donors (Lipinski definition) is 1. The summed E-state index contributed by atoms with van der Waals surface area (Å²) in [6, 6.07) is 5.92.